The third-order valence-electron chi connectivity index (χ3n) is 5.07. The van der Waals surface area contributed by atoms with E-state index in [0.29, 0.717) is 5.92 Å². The molecule has 0 atom stereocenters. The van der Waals surface area contributed by atoms with E-state index in [2.05, 4.69) is 40.0 Å². The molecule has 2 aromatic heterocycles. The Morgan fingerprint density at radius 1 is 1.23 bits per heavy atom. The highest BCUT2D eigenvalue weighted by atomic mass is 32.1. The summed E-state index contributed by atoms with van der Waals surface area (Å²) >= 11 is 1.64. The summed E-state index contributed by atoms with van der Waals surface area (Å²) in [6.07, 6.45) is 5.90. The lowest BCUT2D eigenvalue weighted by Gasteiger charge is -2.31. The van der Waals surface area contributed by atoms with E-state index in [4.69, 9.17) is 0 Å². The van der Waals surface area contributed by atoms with Crippen LogP contribution in [0.25, 0.3) is 0 Å². The second-order valence-electron chi connectivity index (χ2n) is 6.91. The van der Waals surface area contributed by atoms with E-state index >= 15 is 0 Å². The van der Waals surface area contributed by atoms with E-state index in [0.717, 1.165) is 43.9 Å². The summed E-state index contributed by atoms with van der Waals surface area (Å²) in [5.74, 6) is 1.73. The van der Waals surface area contributed by atoms with E-state index in [-0.39, 0.29) is 5.91 Å². The average molecular weight is 366 g/mol. The van der Waals surface area contributed by atoms with Crippen LogP contribution in [0.3, 0.4) is 0 Å². The molecule has 0 radical (unpaired) electrons. The summed E-state index contributed by atoms with van der Waals surface area (Å²) in [7, 11) is 0. The van der Waals surface area contributed by atoms with Crippen LogP contribution < -0.4 is 0 Å². The number of hydrogen-bond acceptors (Lipinski definition) is 3. The molecule has 0 saturated carbocycles. The molecule has 1 fully saturated rings. The van der Waals surface area contributed by atoms with Crippen molar-refractivity contribution >= 4 is 17.2 Å². The van der Waals surface area contributed by atoms with Gasteiger partial charge in [-0.05, 0) is 31.4 Å². The highest BCUT2D eigenvalue weighted by molar-refractivity contribution is 7.10. The molecular weight excluding hydrogens is 342 g/mol. The lowest BCUT2D eigenvalue weighted by molar-refractivity contribution is 0.0711. The van der Waals surface area contributed by atoms with Gasteiger partial charge in [0.05, 0.1) is 5.56 Å². The van der Waals surface area contributed by atoms with Gasteiger partial charge in [-0.25, -0.2) is 4.98 Å². The molecule has 1 amide bonds. The quantitative estimate of drug-likeness (QED) is 0.690. The summed E-state index contributed by atoms with van der Waals surface area (Å²) in [4.78, 5) is 20.4. The highest BCUT2D eigenvalue weighted by Crippen LogP contribution is 2.28. The van der Waals surface area contributed by atoms with Crippen molar-refractivity contribution in [2.75, 3.05) is 13.1 Å². The van der Waals surface area contributed by atoms with E-state index in [1.807, 2.05) is 35.5 Å². The van der Waals surface area contributed by atoms with Crippen LogP contribution in [-0.2, 0) is 6.54 Å². The molecule has 1 aromatic carbocycles. The number of imidazole rings is 1. The Bertz CT molecular complexity index is 876. The third-order valence-corrected chi connectivity index (χ3v) is 5.93. The number of carbonyl (C=O) groups excluding carboxylic acids is 1. The SMILES string of the molecule is Cc1cc(C(=O)N2CCC(c3nccn3Cc3ccccc3)CC2)cs1. The van der Waals surface area contributed by atoms with E-state index in [1.165, 1.54) is 10.4 Å². The summed E-state index contributed by atoms with van der Waals surface area (Å²) in [6.45, 7) is 4.50. The summed E-state index contributed by atoms with van der Waals surface area (Å²) in [5.41, 5.74) is 2.11. The van der Waals surface area contributed by atoms with Crippen molar-refractivity contribution in [3.63, 3.8) is 0 Å². The lowest BCUT2D eigenvalue weighted by atomic mass is 9.95. The van der Waals surface area contributed by atoms with Crippen molar-refractivity contribution in [2.24, 2.45) is 0 Å². The smallest absolute Gasteiger partial charge is 0.254 e. The van der Waals surface area contributed by atoms with Gasteiger partial charge < -0.3 is 9.47 Å². The Morgan fingerprint density at radius 3 is 2.69 bits per heavy atom. The highest BCUT2D eigenvalue weighted by Gasteiger charge is 2.27. The van der Waals surface area contributed by atoms with Crippen LogP contribution in [-0.4, -0.2) is 33.4 Å². The molecule has 0 aliphatic carbocycles. The molecule has 0 N–H and O–H groups in total. The van der Waals surface area contributed by atoms with Gasteiger partial charge in [-0.15, -0.1) is 11.3 Å². The molecule has 134 valence electrons. The number of piperidine rings is 1. The van der Waals surface area contributed by atoms with Gasteiger partial charge in [0.25, 0.3) is 5.91 Å². The Kier molecular flexibility index (Phi) is 4.89. The second-order valence-corrected chi connectivity index (χ2v) is 8.03. The molecule has 4 nitrogen and oxygen atoms in total. The molecule has 26 heavy (non-hydrogen) atoms. The summed E-state index contributed by atoms with van der Waals surface area (Å²) < 4.78 is 2.25. The first kappa shape index (κ1) is 17.0. The van der Waals surface area contributed by atoms with Crippen molar-refractivity contribution in [1.82, 2.24) is 14.5 Å². The summed E-state index contributed by atoms with van der Waals surface area (Å²) in [5, 5.41) is 1.97. The predicted molar refractivity (Wildman–Crippen MR) is 105 cm³/mol. The molecule has 5 heteroatoms. The van der Waals surface area contributed by atoms with E-state index in [9.17, 15) is 4.79 Å². The fourth-order valence-electron chi connectivity index (χ4n) is 3.67. The zero-order chi connectivity index (χ0) is 17.9. The molecule has 0 bridgehead atoms. The molecule has 1 aliphatic heterocycles. The number of benzene rings is 1. The van der Waals surface area contributed by atoms with Gasteiger partial charge in [0.2, 0.25) is 0 Å². The number of amides is 1. The molecule has 3 aromatic rings. The largest absolute Gasteiger partial charge is 0.339 e. The minimum atomic E-state index is 0.167. The van der Waals surface area contributed by atoms with Crippen molar-refractivity contribution in [3.05, 3.63) is 76.0 Å². The Morgan fingerprint density at radius 2 is 2.00 bits per heavy atom. The van der Waals surface area contributed by atoms with E-state index < -0.39 is 0 Å². The van der Waals surface area contributed by atoms with Crippen LogP contribution in [0.1, 0.15) is 45.4 Å². The van der Waals surface area contributed by atoms with E-state index in [1.54, 1.807) is 11.3 Å². The van der Waals surface area contributed by atoms with Crippen LogP contribution in [0.5, 0.6) is 0 Å². The fourth-order valence-corrected chi connectivity index (χ4v) is 4.35. The van der Waals surface area contributed by atoms with Crippen molar-refractivity contribution in [2.45, 2.75) is 32.2 Å². The predicted octanol–water partition coefficient (Wildman–Crippen LogP) is 4.32. The topological polar surface area (TPSA) is 38.1 Å². The molecule has 3 heterocycles. The maximum absolute atomic E-state index is 12.6. The fraction of sp³-hybridized carbons (Fsp3) is 0.333. The standard InChI is InChI=1S/C21H23N3OS/c1-16-13-19(15-26-16)21(25)23-10-7-18(8-11-23)20-22-9-12-24(20)14-17-5-3-2-4-6-17/h2-6,9,12-13,15,18H,7-8,10-11,14H2,1H3. The molecule has 4 rings (SSSR count). The third kappa shape index (κ3) is 3.58. The van der Waals surface area contributed by atoms with Gasteiger partial charge in [0.1, 0.15) is 5.82 Å². The number of hydrogen-bond donors (Lipinski definition) is 0. The Hall–Kier alpha value is -2.40. The summed E-state index contributed by atoms with van der Waals surface area (Å²) in [6, 6.07) is 12.5. The average Bonchev–Trinajstić information content (AvgIpc) is 3.31. The molecule has 1 aliphatic rings. The lowest BCUT2D eigenvalue weighted by Crippen LogP contribution is -2.38. The van der Waals surface area contributed by atoms with Gasteiger partial charge in [0, 0.05) is 48.2 Å². The first-order valence-corrected chi connectivity index (χ1v) is 9.98. The maximum Gasteiger partial charge on any atom is 0.254 e. The van der Waals surface area contributed by atoms with Crippen LogP contribution in [0.2, 0.25) is 0 Å². The van der Waals surface area contributed by atoms with Crippen LogP contribution >= 0.6 is 11.3 Å². The minimum absolute atomic E-state index is 0.167. The van der Waals surface area contributed by atoms with Gasteiger partial charge >= 0.3 is 0 Å². The maximum atomic E-state index is 12.6. The second kappa shape index (κ2) is 7.46. The monoisotopic (exact) mass is 365 g/mol. The molecule has 0 unspecified atom stereocenters. The van der Waals surface area contributed by atoms with Crippen molar-refractivity contribution in [3.8, 4) is 0 Å². The first-order chi connectivity index (χ1) is 12.7. The molecule has 0 spiro atoms. The zero-order valence-electron chi connectivity index (χ0n) is 15.0. The van der Waals surface area contributed by atoms with Crippen molar-refractivity contribution in [1.29, 1.82) is 0 Å². The molecular formula is C21H23N3OS. The van der Waals surface area contributed by atoms with Gasteiger partial charge in [-0.1, -0.05) is 30.3 Å². The van der Waals surface area contributed by atoms with Crippen LogP contribution in [0.4, 0.5) is 0 Å². The number of aryl methyl sites for hydroxylation is 1. The number of aromatic nitrogens is 2. The van der Waals surface area contributed by atoms with Crippen molar-refractivity contribution < 1.29 is 4.79 Å². The number of likely N-dealkylation sites (tertiary alicyclic amines) is 1. The van der Waals surface area contributed by atoms with Crippen LogP contribution in [0, 0.1) is 6.92 Å². The number of carbonyl (C=O) groups is 1. The Balaban J connectivity index is 1.41. The molecule has 1 saturated heterocycles. The minimum Gasteiger partial charge on any atom is -0.339 e. The first-order valence-electron chi connectivity index (χ1n) is 9.10. The number of thiophene rings is 1. The van der Waals surface area contributed by atoms with Gasteiger partial charge in [-0.2, -0.15) is 0 Å². The normalized spacial score (nSPS) is 15.3. The number of rotatable bonds is 4. The van der Waals surface area contributed by atoms with Crippen LogP contribution in [0.15, 0.2) is 54.2 Å². The zero-order valence-corrected chi connectivity index (χ0v) is 15.8. The van der Waals surface area contributed by atoms with Gasteiger partial charge in [0.15, 0.2) is 0 Å². The number of nitrogens with zero attached hydrogens (tertiary/aromatic N) is 3. The Labute approximate surface area is 158 Å². The van der Waals surface area contributed by atoms with Gasteiger partial charge in [-0.3, -0.25) is 4.79 Å².